The van der Waals surface area contributed by atoms with Gasteiger partial charge in [0.2, 0.25) is 0 Å². The van der Waals surface area contributed by atoms with E-state index in [4.69, 9.17) is 4.74 Å². The van der Waals surface area contributed by atoms with E-state index in [2.05, 4.69) is 39.4 Å². The van der Waals surface area contributed by atoms with Crippen LogP contribution < -0.4 is 15.0 Å². The Balaban J connectivity index is 1.54. The fourth-order valence-electron chi connectivity index (χ4n) is 3.33. The molecule has 2 aliphatic rings. The number of methoxy groups -OCH3 is 1. The molecule has 0 aliphatic carbocycles. The first kappa shape index (κ1) is 13.7. The molecule has 0 radical (unpaired) electrons. The van der Waals surface area contributed by atoms with Crippen LogP contribution in [-0.4, -0.2) is 57.3 Å². The van der Waals surface area contributed by atoms with Crippen molar-refractivity contribution in [2.24, 2.45) is 0 Å². The number of hydrogen-bond donors (Lipinski definition) is 1. The first-order chi connectivity index (χ1) is 9.86. The third kappa shape index (κ3) is 3.07. The number of benzene rings is 1. The van der Waals surface area contributed by atoms with Gasteiger partial charge >= 0.3 is 0 Å². The van der Waals surface area contributed by atoms with Crippen LogP contribution in [0.2, 0.25) is 0 Å². The quantitative estimate of drug-likeness (QED) is 0.906. The van der Waals surface area contributed by atoms with E-state index in [1.165, 1.54) is 44.7 Å². The van der Waals surface area contributed by atoms with Gasteiger partial charge in [0.05, 0.1) is 7.11 Å². The summed E-state index contributed by atoms with van der Waals surface area (Å²) in [7, 11) is 1.72. The summed E-state index contributed by atoms with van der Waals surface area (Å²) in [6.07, 6.45) is 2.57. The highest BCUT2D eigenvalue weighted by Gasteiger charge is 2.25. The second-order valence-corrected chi connectivity index (χ2v) is 5.70. The van der Waals surface area contributed by atoms with Crippen molar-refractivity contribution in [1.82, 2.24) is 10.2 Å². The van der Waals surface area contributed by atoms with Crippen molar-refractivity contribution in [1.29, 1.82) is 0 Å². The van der Waals surface area contributed by atoms with Gasteiger partial charge in [-0.15, -0.1) is 0 Å². The molecule has 0 atom stereocenters. The summed E-state index contributed by atoms with van der Waals surface area (Å²) in [5, 5.41) is 3.44. The smallest absolute Gasteiger partial charge is 0.119 e. The minimum absolute atomic E-state index is 0.784. The molecule has 1 aromatic rings. The van der Waals surface area contributed by atoms with Gasteiger partial charge in [-0.3, -0.25) is 4.90 Å². The summed E-state index contributed by atoms with van der Waals surface area (Å²) in [6, 6.07) is 9.23. The maximum absolute atomic E-state index is 5.22. The van der Waals surface area contributed by atoms with Gasteiger partial charge in [0, 0.05) is 51.0 Å². The monoisotopic (exact) mass is 275 g/mol. The van der Waals surface area contributed by atoms with Gasteiger partial charge in [0.1, 0.15) is 5.75 Å². The summed E-state index contributed by atoms with van der Waals surface area (Å²) in [5.74, 6) is 0.935. The number of nitrogens with one attached hydrogen (secondary N) is 1. The van der Waals surface area contributed by atoms with Crippen LogP contribution in [0.3, 0.4) is 0 Å². The SMILES string of the molecule is COc1ccc(N2CCC(N3CCNCC3)CC2)cc1. The summed E-state index contributed by atoms with van der Waals surface area (Å²) in [6.45, 7) is 7.07. The van der Waals surface area contributed by atoms with Crippen molar-refractivity contribution in [3.63, 3.8) is 0 Å². The number of rotatable bonds is 3. The van der Waals surface area contributed by atoms with Crippen LogP contribution in [0.5, 0.6) is 5.75 Å². The van der Waals surface area contributed by atoms with Gasteiger partial charge in [-0.1, -0.05) is 0 Å². The third-order valence-corrected chi connectivity index (χ3v) is 4.57. The predicted molar refractivity (Wildman–Crippen MR) is 82.7 cm³/mol. The number of nitrogens with zero attached hydrogens (tertiary/aromatic N) is 2. The first-order valence-electron chi connectivity index (χ1n) is 7.70. The van der Waals surface area contributed by atoms with E-state index in [0.717, 1.165) is 24.9 Å². The largest absolute Gasteiger partial charge is 0.497 e. The molecule has 0 unspecified atom stereocenters. The molecular weight excluding hydrogens is 250 g/mol. The highest BCUT2D eigenvalue weighted by atomic mass is 16.5. The van der Waals surface area contributed by atoms with E-state index in [1.807, 2.05) is 0 Å². The molecule has 0 spiro atoms. The van der Waals surface area contributed by atoms with Crippen LogP contribution in [0.4, 0.5) is 5.69 Å². The average Bonchev–Trinajstić information content (AvgIpc) is 2.56. The molecule has 4 nitrogen and oxygen atoms in total. The van der Waals surface area contributed by atoms with Gasteiger partial charge in [0.25, 0.3) is 0 Å². The van der Waals surface area contributed by atoms with E-state index >= 15 is 0 Å². The molecule has 110 valence electrons. The van der Waals surface area contributed by atoms with E-state index in [9.17, 15) is 0 Å². The minimum Gasteiger partial charge on any atom is -0.497 e. The molecule has 2 aliphatic heterocycles. The Kier molecular flexibility index (Phi) is 4.43. The molecule has 4 heteroatoms. The Bertz CT molecular complexity index is 406. The fourth-order valence-corrected chi connectivity index (χ4v) is 3.33. The first-order valence-corrected chi connectivity index (χ1v) is 7.70. The van der Waals surface area contributed by atoms with Crippen LogP contribution in [0.15, 0.2) is 24.3 Å². The lowest BCUT2D eigenvalue weighted by atomic mass is 10.0. The molecule has 1 aromatic carbocycles. The Morgan fingerprint density at radius 3 is 2.25 bits per heavy atom. The number of piperazine rings is 1. The Labute approximate surface area is 121 Å². The number of ether oxygens (including phenoxy) is 1. The summed E-state index contributed by atoms with van der Waals surface area (Å²) < 4.78 is 5.22. The Morgan fingerprint density at radius 1 is 1.00 bits per heavy atom. The standard InChI is InChI=1S/C16H25N3O/c1-20-16-4-2-14(3-5-16)18-10-6-15(7-11-18)19-12-8-17-9-13-19/h2-5,15,17H,6-13H2,1H3. The van der Waals surface area contributed by atoms with Crippen molar-refractivity contribution in [3.8, 4) is 5.75 Å². The van der Waals surface area contributed by atoms with E-state index in [1.54, 1.807) is 7.11 Å². The minimum atomic E-state index is 0.784. The van der Waals surface area contributed by atoms with Crippen molar-refractivity contribution in [2.45, 2.75) is 18.9 Å². The zero-order valence-electron chi connectivity index (χ0n) is 12.3. The maximum atomic E-state index is 5.22. The molecule has 1 N–H and O–H groups in total. The highest BCUT2D eigenvalue weighted by molar-refractivity contribution is 5.49. The molecular formula is C16H25N3O. The normalized spacial score (nSPS) is 21.9. The molecule has 2 fully saturated rings. The maximum Gasteiger partial charge on any atom is 0.119 e. The highest BCUT2D eigenvalue weighted by Crippen LogP contribution is 2.24. The van der Waals surface area contributed by atoms with Crippen LogP contribution in [0.25, 0.3) is 0 Å². The van der Waals surface area contributed by atoms with Gasteiger partial charge < -0.3 is 15.0 Å². The summed E-state index contributed by atoms with van der Waals surface area (Å²) in [5.41, 5.74) is 1.32. The van der Waals surface area contributed by atoms with Crippen LogP contribution in [0.1, 0.15) is 12.8 Å². The van der Waals surface area contributed by atoms with Crippen molar-refractivity contribution >= 4 is 5.69 Å². The zero-order valence-corrected chi connectivity index (χ0v) is 12.3. The van der Waals surface area contributed by atoms with Gasteiger partial charge in [-0.2, -0.15) is 0 Å². The molecule has 0 saturated carbocycles. The predicted octanol–water partition coefficient (Wildman–Crippen LogP) is 1.57. The molecule has 2 heterocycles. The lowest BCUT2D eigenvalue weighted by molar-refractivity contribution is 0.150. The zero-order chi connectivity index (χ0) is 13.8. The number of anilines is 1. The van der Waals surface area contributed by atoms with Crippen LogP contribution in [-0.2, 0) is 0 Å². The topological polar surface area (TPSA) is 27.7 Å². The second-order valence-electron chi connectivity index (χ2n) is 5.70. The van der Waals surface area contributed by atoms with Gasteiger partial charge in [-0.25, -0.2) is 0 Å². The summed E-state index contributed by atoms with van der Waals surface area (Å²) in [4.78, 5) is 5.17. The fraction of sp³-hybridized carbons (Fsp3) is 0.625. The average molecular weight is 275 g/mol. The molecule has 20 heavy (non-hydrogen) atoms. The van der Waals surface area contributed by atoms with Crippen molar-refractivity contribution in [2.75, 3.05) is 51.3 Å². The van der Waals surface area contributed by atoms with Crippen LogP contribution in [0, 0.1) is 0 Å². The van der Waals surface area contributed by atoms with E-state index in [-0.39, 0.29) is 0 Å². The second kappa shape index (κ2) is 6.46. The molecule has 0 aromatic heterocycles. The lowest BCUT2D eigenvalue weighted by Crippen LogP contribution is -2.52. The van der Waals surface area contributed by atoms with Gasteiger partial charge in [-0.05, 0) is 37.1 Å². The third-order valence-electron chi connectivity index (χ3n) is 4.57. The van der Waals surface area contributed by atoms with E-state index < -0.39 is 0 Å². The number of piperidine rings is 1. The molecule has 2 saturated heterocycles. The molecule has 0 amide bonds. The Morgan fingerprint density at radius 2 is 1.65 bits per heavy atom. The number of hydrogen-bond acceptors (Lipinski definition) is 4. The van der Waals surface area contributed by atoms with E-state index in [0.29, 0.717) is 0 Å². The van der Waals surface area contributed by atoms with Crippen molar-refractivity contribution in [3.05, 3.63) is 24.3 Å². The summed E-state index contributed by atoms with van der Waals surface area (Å²) >= 11 is 0. The molecule has 3 rings (SSSR count). The van der Waals surface area contributed by atoms with Crippen LogP contribution >= 0.6 is 0 Å². The molecule has 0 bridgehead atoms. The Hall–Kier alpha value is -1.26. The lowest BCUT2D eigenvalue weighted by Gasteiger charge is -2.41. The van der Waals surface area contributed by atoms with Gasteiger partial charge in [0.15, 0.2) is 0 Å². The van der Waals surface area contributed by atoms with Crippen molar-refractivity contribution < 1.29 is 4.74 Å².